The Balaban J connectivity index is 1.71. The van der Waals surface area contributed by atoms with Crippen LogP contribution in [0.15, 0.2) is 54.6 Å². The SMILES string of the molecule is CN(CC(=O)[C@H](C#N)c1nc2ccccc2[nH]1)Cc1ccccc1. The van der Waals surface area contributed by atoms with Crippen molar-refractivity contribution in [3.05, 3.63) is 66.0 Å². The molecule has 0 unspecified atom stereocenters. The molecule has 5 heteroatoms. The molecular formula is C19H18N4O. The van der Waals surface area contributed by atoms with E-state index < -0.39 is 5.92 Å². The topological polar surface area (TPSA) is 72.8 Å². The number of nitrogens with zero attached hydrogens (tertiary/aromatic N) is 3. The largest absolute Gasteiger partial charge is 0.340 e. The molecule has 0 spiro atoms. The van der Waals surface area contributed by atoms with E-state index in [9.17, 15) is 10.1 Å². The van der Waals surface area contributed by atoms with Gasteiger partial charge in [-0.25, -0.2) is 4.98 Å². The molecule has 2 aromatic carbocycles. The Kier molecular flexibility index (Phi) is 4.69. The Morgan fingerprint density at radius 3 is 2.62 bits per heavy atom. The Hall–Kier alpha value is -2.97. The van der Waals surface area contributed by atoms with E-state index in [4.69, 9.17) is 0 Å². The van der Waals surface area contributed by atoms with Gasteiger partial charge in [0.15, 0.2) is 11.7 Å². The molecule has 120 valence electrons. The highest BCUT2D eigenvalue weighted by atomic mass is 16.1. The second-order valence-electron chi connectivity index (χ2n) is 5.83. The number of carbonyl (C=O) groups excluding carboxylic acids is 1. The number of fused-ring (bicyclic) bond motifs is 1. The monoisotopic (exact) mass is 318 g/mol. The summed E-state index contributed by atoms with van der Waals surface area (Å²) in [5, 5.41) is 9.43. The van der Waals surface area contributed by atoms with E-state index in [0.717, 1.165) is 16.6 Å². The number of benzene rings is 2. The van der Waals surface area contributed by atoms with Gasteiger partial charge in [0, 0.05) is 6.54 Å². The van der Waals surface area contributed by atoms with Gasteiger partial charge >= 0.3 is 0 Å². The predicted octanol–water partition coefficient (Wildman–Crippen LogP) is 2.87. The molecule has 0 aliphatic rings. The number of imidazole rings is 1. The molecule has 0 bridgehead atoms. The van der Waals surface area contributed by atoms with Gasteiger partial charge in [-0.05, 0) is 24.7 Å². The van der Waals surface area contributed by atoms with Crippen molar-refractivity contribution < 1.29 is 4.79 Å². The third-order valence-corrected chi connectivity index (χ3v) is 3.85. The molecule has 1 N–H and O–H groups in total. The zero-order valence-corrected chi connectivity index (χ0v) is 13.4. The fourth-order valence-electron chi connectivity index (χ4n) is 2.70. The minimum Gasteiger partial charge on any atom is -0.340 e. The third-order valence-electron chi connectivity index (χ3n) is 3.85. The standard InChI is InChI=1S/C19H18N4O/c1-23(12-14-7-3-2-4-8-14)13-18(24)15(11-20)19-21-16-9-5-6-10-17(16)22-19/h2-10,15H,12-13H2,1H3,(H,21,22)/t15-/m0/s1. The van der Waals surface area contributed by atoms with Crippen LogP contribution >= 0.6 is 0 Å². The maximum atomic E-state index is 12.5. The number of carbonyl (C=O) groups is 1. The van der Waals surface area contributed by atoms with E-state index in [-0.39, 0.29) is 12.3 Å². The molecule has 3 rings (SSSR count). The van der Waals surface area contributed by atoms with Crippen LogP contribution in [0.1, 0.15) is 17.3 Å². The summed E-state index contributed by atoms with van der Waals surface area (Å²) in [4.78, 5) is 21.9. The number of Topliss-reactive ketones (excluding diaryl/α,β-unsaturated/α-hetero) is 1. The van der Waals surface area contributed by atoms with Gasteiger partial charge in [-0.2, -0.15) is 5.26 Å². The van der Waals surface area contributed by atoms with Crippen molar-refractivity contribution >= 4 is 16.8 Å². The predicted molar refractivity (Wildman–Crippen MR) is 92.2 cm³/mol. The molecule has 5 nitrogen and oxygen atoms in total. The minimum absolute atomic E-state index is 0.157. The summed E-state index contributed by atoms with van der Waals surface area (Å²) >= 11 is 0. The van der Waals surface area contributed by atoms with Gasteiger partial charge in [-0.1, -0.05) is 42.5 Å². The van der Waals surface area contributed by atoms with Crippen molar-refractivity contribution in [1.82, 2.24) is 14.9 Å². The van der Waals surface area contributed by atoms with E-state index >= 15 is 0 Å². The first-order valence-electron chi connectivity index (χ1n) is 7.77. The minimum atomic E-state index is -0.879. The van der Waals surface area contributed by atoms with Crippen molar-refractivity contribution in [2.45, 2.75) is 12.5 Å². The molecule has 1 heterocycles. The van der Waals surface area contributed by atoms with E-state index in [1.54, 1.807) is 0 Å². The zero-order valence-electron chi connectivity index (χ0n) is 13.4. The summed E-state index contributed by atoms with van der Waals surface area (Å²) in [6.07, 6.45) is 0. The molecule has 0 aliphatic heterocycles. The summed E-state index contributed by atoms with van der Waals surface area (Å²) in [5.74, 6) is -0.623. The number of para-hydroxylation sites is 2. The summed E-state index contributed by atoms with van der Waals surface area (Å²) in [7, 11) is 1.87. The van der Waals surface area contributed by atoms with Gasteiger partial charge < -0.3 is 4.98 Å². The van der Waals surface area contributed by atoms with Crippen molar-refractivity contribution in [2.75, 3.05) is 13.6 Å². The number of aromatic nitrogens is 2. The maximum absolute atomic E-state index is 12.5. The number of H-pyrrole nitrogens is 1. The molecule has 0 saturated heterocycles. The number of hydrogen-bond donors (Lipinski definition) is 1. The Morgan fingerprint density at radius 2 is 1.92 bits per heavy atom. The molecule has 24 heavy (non-hydrogen) atoms. The fourth-order valence-corrected chi connectivity index (χ4v) is 2.70. The molecule has 3 aromatic rings. The van der Waals surface area contributed by atoms with Crippen LogP contribution in [0, 0.1) is 11.3 Å². The molecular weight excluding hydrogens is 300 g/mol. The van der Waals surface area contributed by atoms with Crippen molar-refractivity contribution in [3.63, 3.8) is 0 Å². The first-order valence-corrected chi connectivity index (χ1v) is 7.77. The van der Waals surface area contributed by atoms with E-state index in [0.29, 0.717) is 12.4 Å². The number of nitrogens with one attached hydrogen (secondary N) is 1. The van der Waals surface area contributed by atoms with Gasteiger partial charge in [0.2, 0.25) is 0 Å². The highest BCUT2D eigenvalue weighted by Crippen LogP contribution is 2.18. The maximum Gasteiger partial charge on any atom is 0.171 e. The Labute approximate surface area is 140 Å². The quantitative estimate of drug-likeness (QED) is 0.758. The number of likely N-dealkylation sites (N-methyl/N-ethyl adjacent to an activating group) is 1. The second kappa shape index (κ2) is 7.07. The second-order valence-corrected chi connectivity index (χ2v) is 5.83. The molecule has 1 aromatic heterocycles. The number of ketones is 1. The highest BCUT2D eigenvalue weighted by molar-refractivity contribution is 5.90. The third kappa shape index (κ3) is 3.50. The number of aromatic amines is 1. The van der Waals surface area contributed by atoms with Crippen LogP contribution in [0.2, 0.25) is 0 Å². The summed E-state index contributed by atoms with van der Waals surface area (Å²) < 4.78 is 0. The zero-order chi connectivity index (χ0) is 16.9. The molecule has 0 fully saturated rings. The normalized spacial score (nSPS) is 12.2. The fraction of sp³-hybridized carbons (Fsp3) is 0.211. The van der Waals surface area contributed by atoms with Crippen LogP contribution in [0.4, 0.5) is 0 Å². The van der Waals surface area contributed by atoms with Gasteiger partial charge in [0.25, 0.3) is 0 Å². The summed E-state index contributed by atoms with van der Waals surface area (Å²) in [6.45, 7) is 0.856. The van der Waals surface area contributed by atoms with E-state index in [1.165, 1.54) is 0 Å². The van der Waals surface area contributed by atoms with Crippen molar-refractivity contribution in [3.8, 4) is 6.07 Å². The number of nitriles is 1. The number of hydrogen-bond acceptors (Lipinski definition) is 4. The lowest BCUT2D eigenvalue weighted by Crippen LogP contribution is -2.29. The number of rotatable bonds is 6. The Bertz CT molecular complexity index is 846. The lowest BCUT2D eigenvalue weighted by Gasteiger charge is -2.17. The average molecular weight is 318 g/mol. The van der Waals surface area contributed by atoms with Crippen LogP contribution in [0.5, 0.6) is 0 Å². The first kappa shape index (κ1) is 15.9. The van der Waals surface area contributed by atoms with Crippen LogP contribution < -0.4 is 0 Å². The lowest BCUT2D eigenvalue weighted by molar-refractivity contribution is -0.120. The summed E-state index contributed by atoms with van der Waals surface area (Å²) in [5.41, 5.74) is 2.72. The Morgan fingerprint density at radius 1 is 1.21 bits per heavy atom. The average Bonchev–Trinajstić information content (AvgIpc) is 2.99. The molecule has 0 radical (unpaired) electrons. The molecule has 1 atom stereocenters. The first-order chi connectivity index (χ1) is 11.7. The van der Waals surface area contributed by atoms with Gasteiger partial charge in [0.1, 0.15) is 5.82 Å². The van der Waals surface area contributed by atoms with E-state index in [1.807, 2.05) is 66.5 Å². The smallest absolute Gasteiger partial charge is 0.171 e. The molecule has 0 aliphatic carbocycles. The van der Waals surface area contributed by atoms with Gasteiger partial charge in [-0.15, -0.1) is 0 Å². The summed E-state index contributed by atoms with van der Waals surface area (Å²) in [6, 6.07) is 19.5. The molecule has 0 amide bonds. The van der Waals surface area contributed by atoms with Crippen LogP contribution in [-0.4, -0.2) is 34.2 Å². The van der Waals surface area contributed by atoms with E-state index in [2.05, 4.69) is 16.0 Å². The van der Waals surface area contributed by atoms with Crippen LogP contribution in [0.3, 0.4) is 0 Å². The highest BCUT2D eigenvalue weighted by Gasteiger charge is 2.24. The van der Waals surface area contributed by atoms with Crippen molar-refractivity contribution in [2.24, 2.45) is 0 Å². The van der Waals surface area contributed by atoms with Gasteiger partial charge in [0.05, 0.1) is 23.6 Å². The van der Waals surface area contributed by atoms with Crippen LogP contribution in [-0.2, 0) is 11.3 Å². The lowest BCUT2D eigenvalue weighted by atomic mass is 10.0. The van der Waals surface area contributed by atoms with Crippen LogP contribution in [0.25, 0.3) is 11.0 Å². The molecule has 0 saturated carbocycles. The van der Waals surface area contributed by atoms with Gasteiger partial charge in [-0.3, -0.25) is 9.69 Å². The van der Waals surface area contributed by atoms with Crippen molar-refractivity contribution in [1.29, 1.82) is 5.26 Å².